The van der Waals surface area contributed by atoms with Crippen LogP contribution >= 0.6 is 0 Å². The van der Waals surface area contributed by atoms with Gasteiger partial charge in [-0.15, -0.1) is 0 Å². The van der Waals surface area contributed by atoms with Gasteiger partial charge in [-0.1, -0.05) is 178 Å². The number of para-hydroxylation sites is 2. The highest BCUT2D eigenvalue weighted by atomic mass is 15.1. The van der Waals surface area contributed by atoms with Gasteiger partial charge in [-0.3, -0.25) is 0 Å². The number of rotatable bonds is 7. The van der Waals surface area contributed by atoms with Gasteiger partial charge < -0.3 is 4.90 Å². The molecule has 0 amide bonds. The maximum Gasteiger partial charge on any atom is 0.0788 e. The summed E-state index contributed by atoms with van der Waals surface area (Å²) in [5.74, 6) is 0. The molecule has 0 spiro atoms. The first-order chi connectivity index (χ1) is 27.5. The minimum atomic E-state index is -0.248. The van der Waals surface area contributed by atoms with Crippen molar-refractivity contribution in [1.82, 2.24) is 4.98 Å². The highest BCUT2D eigenvalue weighted by Crippen LogP contribution is 2.55. The van der Waals surface area contributed by atoms with Gasteiger partial charge in [-0.05, 0) is 81.4 Å². The molecule has 0 atom stereocenters. The molecule has 1 aliphatic carbocycles. The molecule has 1 heterocycles. The number of benzene rings is 8. The van der Waals surface area contributed by atoms with Crippen LogP contribution in [0.15, 0.2) is 206 Å². The van der Waals surface area contributed by atoms with Gasteiger partial charge in [0.05, 0.1) is 22.6 Å². The van der Waals surface area contributed by atoms with E-state index < -0.39 is 0 Å². The summed E-state index contributed by atoms with van der Waals surface area (Å²) in [6.07, 6.45) is 0. The third-order valence-electron chi connectivity index (χ3n) is 11.5. The summed E-state index contributed by atoms with van der Waals surface area (Å²) in [6.45, 7) is 4.74. The summed E-state index contributed by atoms with van der Waals surface area (Å²) in [5.41, 5.74) is 18.5. The molecule has 0 unspecified atom stereocenters. The summed E-state index contributed by atoms with van der Waals surface area (Å²) in [6, 6.07) is 74.4. The Bertz CT molecular complexity index is 2860. The van der Waals surface area contributed by atoms with Crippen LogP contribution in [0.1, 0.15) is 25.0 Å². The zero-order chi connectivity index (χ0) is 37.6. The number of anilines is 3. The second-order valence-corrected chi connectivity index (χ2v) is 15.2. The first-order valence-corrected chi connectivity index (χ1v) is 19.4. The van der Waals surface area contributed by atoms with E-state index in [1.54, 1.807) is 0 Å². The Morgan fingerprint density at radius 2 is 0.964 bits per heavy atom. The molecule has 1 aliphatic rings. The summed E-state index contributed by atoms with van der Waals surface area (Å²) < 4.78 is 0. The lowest BCUT2D eigenvalue weighted by Gasteiger charge is -2.30. The molecule has 0 fully saturated rings. The Hall–Kier alpha value is -7.03. The van der Waals surface area contributed by atoms with Crippen molar-refractivity contribution in [2.75, 3.05) is 4.90 Å². The van der Waals surface area contributed by atoms with Crippen LogP contribution in [0, 0.1) is 0 Å². The van der Waals surface area contributed by atoms with Crippen molar-refractivity contribution in [2.24, 2.45) is 0 Å². The Morgan fingerprint density at radius 3 is 1.70 bits per heavy atom. The maximum absolute atomic E-state index is 5.33. The third kappa shape index (κ3) is 5.70. The van der Waals surface area contributed by atoms with Crippen LogP contribution in [0.4, 0.5) is 17.1 Å². The van der Waals surface area contributed by atoms with E-state index >= 15 is 0 Å². The number of fused-ring (bicyclic) bond motifs is 4. The molecule has 2 heteroatoms. The highest BCUT2D eigenvalue weighted by Gasteiger charge is 2.38. The molecule has 266 valence electrons. The second-order valence-electron chi connectivity index (χ2n) is 15.2. The van der Waals surface area contributed by atoms with Crippen molar-refractivity contribution < 1.29 is 0 Å². The Labute approximate surface area is 329 Å². The highest BCUT2D eigenvalue weighted by molar-refractivity contribution is 5.99. The molecule has 8 aromatic carbocycles. The fraction of sp³-hybridized carbons (Fsp3) is 0.0556. The summed E-state index contributed by atoms with van der Waals surface area (Å²) >= 11 is 0. The van der Waals surface area contributed by atoms with Gasteiger partial charge in [0.1, 0.15) is 0 Å². The molecule has 0 bridgehead atoms. The van der Waals surface area contributed by atoms with Crippen LogP contribution in [-0.4, -0.2) is 4.98 Å². The molecule has 0 saturated carbocycles. The van der Waals surface area contributed by atoms with E-state index in [0.29, 0.717) is 0 Å². The minimum absolute atomic E-state index is 0.248. The van der Waals surface area contributed by atoms with Crippen LogP contribution in [0.3, 0.4) is 0 Å². The monoisotopic (exact) mass is 716 g/mol. The number of aromatic nitrogens is 1. The van der Waals surface area contributed by atoms with E-state index in [9.17, 15) is 0 Å². The van der Waals surface area contributed by atoms with Crippen LogP contribution in [-0.2, 0) is 5.41 Å². The molecule has 56 heavy (non-hydrogen) atoms. The molecule has 0 aliphatic heterocycles. The molecular formula is C54H40N2. The number of hydrogen-bond donors (Lipinski definition) is 0. The average Bonchev–Trinajstić information content (AvgIpc) is 3.50. The molecular weight excluding hydrogens is 677 g/mol. The number of nitrogens with zero attached hydrogens (tertiary/aromatic N) is 2. The third-order valence-corrected chi connectivity index (χ3v) is 11.5. The van der Waals surface area contributed by atoms with Crippen LogP contribution in [0.2, 0.25) is 0 Å². The van der Waals surface area contributed by atoms with Crippen molar-refractivity contribution in [3.63, 3.8) is 0 Å². The first-order valence-electron chi connectivity index (χ1n) is 19.4. The van der Waals surface area contributed by atoms with E-state index in [1.807, 2.05) is 0 Å². The summed E-state index contributed by atoms with van der Waals surface area (Å²) in [4.78, 5) is 7.79. The largest absolute Gasteiger partial charge is 0.309 e. The summed E-state index contributed by atoms with van der Waals surface area (Å²) in [5, 5.41) is 1.14. The van der Waals surface area contributed by atoms with Gasteiger partial charge in [0.15, 0.2) is 0 Å². The molecule has 9 aromatic rings. The first kappa shape index (κ1) is 33.5. The SMILES string of the molecule is CC1(C)c2cc(-c3nc4ccccc4cc3-c3ccccc3)ccc2-c2c(N(c3ccc(-c4ccccc4)cc3)c3ccccc3-c3ccccc3)cccc21. The number of hydrogen-bond acceptors (Lipinski definition) is 2. The average molecular weight is 717 g/mol. The fourth-order valence-corrected chi connectivity index (χ4v) is 8.65. The van der Waals surface area contributed by atoms with Crippen LogP contribution in [0.5, 0.6) is 0 Å². The predicted octanol–water partition coefficient (Wildman–Crippen LogP) is 14.7. The lowest BCUT2D eigenvalue weighted by molar-refractivity contribution is 0.660. The van der Waals surface area contributed by atoms with Gasteiger partial charge >= 0.3 is 0 Å². The summed E-state index contributed by atoms with van der Waals surface area (Å²) in [7, 11) is 0. The lowest BCUT2D eigenvalue weighted by Crippen LogP contribution is -2.16. The predicted molar refractivity (Wildman–Crippen MR) is 236 cm³/mol. The molecule has 0 saturated heterocycles. The standard InChI is InChI=1S/C54H40N2/c1-54(2)47-25-16-28-51(52(47)45-34-31-42(36-48(45)54)53-46(40-21-10-5-11-22-40)35-41-23-12-14-26-49(41)55-53)56(43-32-29-38(30-33-43)37-17-6-3-7-18-37)50-27-15-13-24-44(50)39-19-8-4-9-20-39/h3-36H,1-2H3. The van der Waals surface area contributed by atoms with Crippen molar-refractivity contribution in [3.8, 4) is 55.8 Å². The molecule has 10 rings (SSSR count). The zero-order valence-corrected chi connectivity index (χ0v) is 31.5. The van der Waals surface area contributed by atoms with Gasteiger partial charge in [0.25, 0.3) is 0 Å². The zero-order valence-electron chi connectivity index (χ0n) is 31.5. The fourth-order valence-electron chi connectivity index (χ4n) is 8.65. The molecule has 2 nitrogen and oxygen atoms in total. The van der Waals surface area contributed by atoms with Crippen molar-refractivity contribution in [3.05, 3.63) is 217 Å². The topological polar surface area (TPSA) is 16.1 Å². The maximum atomic E-state index is 5.33. The Morgan fingerprint density at radius 1 is 0.393 bits per heavy atom. The van der Waals surface area contributed by atoms with Crippen molar-refractivity contribution in [1.29, 1.82) is 0 Å². The quantitative estimate of drug-likeness (QED) is 0.163. The van der Waals surface area contributed by atoms with E-state index in [2.05, 4.69) is 225 Å². The Balaban J connectivity index is 1.17. The Kier molecular flexibility index (Phi) is 8.19. The molecule has 0 N–H and O–H groups in total. The van der Waals surface area contributed by atoms with Gasteiger partial charge in [-0.2, -0.15) is 0 Å². The van der Waals surface area contributed by atoms with Crippen molar-refractivity contribution in [2.45, 2.75) is 19.3 Å². The lowest BCUT2D eigenvalue weighted by atomic mass is 9.81. The van der Waals surface area contributed by atoms with Crippen molar-refractivity contribution >= 4 is 28.0 Å². The molecule has 1 aromatic heterocycles. The minimum Gasteiger partial charge on any atom is -0.309 e. The normalized spacial score (nSPS) is 12.6. The van der Waals surface area contributed by atoms with E-state index in [-0.39, 0.29) is 5.41 Å². The molecule has 0 radical (unpaired) electrons. The van der Waals surface area contributed by atoms with E-state index in [0.717, 1.165) is 50.3 Å². The van der Waals surface area contributed by atoms with Gasteiger partial charge in [0.2, 0.25) is 0 Å². The van der Waals surface area contributed by atoms with Crippen LogP contribution < -0.4 is 4.90 Å². The van der Waals surface area contributed by atoms with E-state index in [1.165, 1.54) is 44.5 Å². The van der Waals surface area contributed by atoms with Gasteiger partial charge in [0, 0.05) is 38.7 Å². The smallest absolute Gasteiger partial charge is 0.0788 e. The van der Waals surface area contributed by atoms with Gasteiger partial charge in [-0.25, -0.2) is 4.98 Å². The van der Waals surface area contributed by atoms with Crippen LogP contribution in [0.25, 0.3) is 66.7 Å². The van der Waals surface area contributed by atoms with E-state index in [4.69, 9.17) is 4.98 Å². The second kappa shape index (κ2) is 13.7. The number of pyridine rings is 1.